The topological polar surface area (TPSA) is 96.2 Å². The average Bonchev–Trinajstić information content (AvgIpc) is 2.82. The molecule has 0 saturated heterocycles. The Morgan fingerprint density at radius 1 is 1.45 bits per heavy atom. The number of nitrogens with two attached hydrogens (primary N) is 1. The van der Waals surface area contributed by atoms with Crippen molar-refractivity contribution in [1.82, 2.24) is 15.6 Å². The SMILES string of the molecule is CSc1n[nH]c(N)c1C(=O)N/N=C/c1ccc(C)cc1. The van der Waals surface area contributed by atoms with Gasteiger partial charge in [-0.15, -0.1) is 11.8 Å². The van der Waals surface area contributed by atoms with Crippen LogP contribution < -0.4 is 11.2 Å². The minimum Gasteiger partial charge on any atom is -0.383 e. The zero-order chi connectivity index (χ0) is 14.5. The lowest BCUT2D eigenvalue weighted by atomic mass is 10.2. The number of nitrogens with one attached hydrogen (secondary N) is 2. The van der Waals surface area contributed by atoms with Crippen molar-refractivity contribution in [3.05, 3.63) is 41.0 Å². The second-order valence-electron chi connectivity index (χ2n) is 4.13. The molecule has 0 atom stereocenters. The fourth-order valence-corrected chi connectivity index (χ4v) is 2.12. The molecular formula is C13H15N5OS. The Kier molecular flexibility index (Phi) is 4.41. The summed E-state index contributed by atoms with van der Waals surface area (Å²) >= 11 is 1.34. The Bertz CT molecular complexity index is 633. The number of hydrazone groups is 1. The molecule has 0 aliphatic carbocycles. The molecule has 1 aromatic carbocycles. The van der Waals surface area contributed by atoms with Crippen LogP contribution in [0.2, 0.25) is 0 Å². The molecule has 7 heteroatoms. The lowest BCUT2D eigenvalue weighted by Gasteiger charge is -2.00. The maximum Gasteiger partial charge on any atom is 0.277 e. The number of H-pyrrole nitrogens is 1. The Balaban J connectivity index is 2.05. The largest absolute Gasteiger partial charge is 0.383 e. The van der Waals surface area contributed by atoms with Crippen LogP contribution in [0.4, 0.5) is 5.82 Å². The van der Waals surface area contributed by atoms with Crippen LogP contribution in [0, 0.1) is 6.92 Å². The number of aromatic nitrogens is 2. The van der Waals surface area contributed by atoms with Crippen LogP contribution in [-0.4, -0.2) is 28.6 Å². The maximum atomic E-state index is 12.0. The molecule has 0 spiro atoms. The molecule has 2 rings (SSSR count). The molecule has 0 fully saturated rings. The predicted molar refractivity (Wildman–Crippen MR) is 81.0 cm³/mol. The molecule has 0 aliphatic rings. The number of hydrogen-bond acceptors (Lipinski definition) is 5. The summed E-state index contributed by atoms with van der Waals surface area (Å²) in [5.74, 6) is -0.152. The molecule has 6 nitrogen and oxygen atoms in total. The lowest BCUT2D eigenvalue weighted by Crippen LogP contribution is -2.19. The Morgan fingerprint density at radius 2 is 2.15 bits per heavy atom. The highest BCUT2D eigenvalue weighted by molar-refractivity contribution is 7.98. The van der Waals surface area contributed by atoms with Gasteiger partial charge in [-0.3, -0.25) is 9.89 Å². The fourth-order valence-electron chi connectivity index (χ4n) is 1.58. The van der Waals surface area contributed by atoms with E-state index in [2.05, 4.69) is 20.7 Å². The van der Waals surface area contributed by atoms with E-state index in [0.717, 1.165) is 5.56 Å². The van der Waals surface area contributed by atoms with Crippen molar-refractivity contribution in [3.63, 3.8) is 0 Å². The molecule has 4 N–H and O–H groups in total. The van der Waals surface area contributed by atoms with Crippen LogP contribution in [0.15, 0.2) is 34.4 Å². The standard InChI is InChI=1S/C13H15N5OS/c1-8-3-5-9(6-4-8)7-15-17-12(19)10-11(14)16-18-13(10)20-2/h3-7H,1-2H3,(H,17,19)(H3,14,16,18)/b15-7+. The zero-order valence-electron chi connectivity index (χ0n) is 11.2. The van der Waals surface area contributed by atoms with Crippen molar-refractivity contribution in [3.8, 4) is 0 Å². The first kappa shape index (κ1) is 14.1. The average molecular weight is 289 g/mol. The number of carbonyl (C=O) groups excluding carboxylic acids is 1. The van der Waals surface area contributed by atoms with Crippen molar-refractivity contribution in [2.75, 3.05) is 12.0 Å². The molecule has 2 aromatic rings. The fraction of sp³-hybridized carbons (Fsp3) is 0.154. The molecule has 0 unspecified atom stereocenters. The van der Waals surface area contributed by atoms with E-state index in [1.807, 2.05) is 37.4 Å². The predicted octanol–water partition coefficient (Wildman–Crippen LogP) is 1.79. The number of aromatic amines is 1. The molecule has 1 aromatic heterocycles. The minimum absolute atomic E-state index is 0.234. The Labute approximate surface area is 120 Å². The molecule has 0 radical (unpaired) electrons. The molecular weight excluding hydrogens is 274 g/mol. The third-order valence-corrected chi connectivity index (χ3v) is 3.32. The summed E-state index contributed by atoms with van der Waals surface area (Å²) in [6.07, 6.45) is 3.40. The van der Waals surface area contributed by atoms with E-state index in [0.29, 0.717) is 10.6 Å². The number of nitrogen functional groups attached to an aromatic ring is 1. The monoisotopic (exact) mass is 289 g/mol. The second kappa shape index (κ2) is 6.25. The highest BCUT2D eigenvalue weighted by Crippen LogP contribution is 2.21. The molecule has 20 heavy (non-hydrogen) atoms. The number of amides is 1. The van der Waals surface area contributed by atoms with Crippen molar-refractivity contribution in [2.24, 2.45) is 5.10 Å². The van der Waals surface area contributed by atoms with E-state index in [1.165, 1.54) is 17.3 Å². The number of thioether (sulfide) groups is 1. The number of hydrogen-bond donors (Lipinski definition) is 3. The molecule has 1 heterocycles. The molecule has 0 bridgehead atoms. The quantitative estimate of drug-likeness (QED) is 0.454. The first-order chi connectivity index (χ1) is 9.61. The van der Waals surface area contributed by atoms with E-state index in [4.69, 9.17) is 5.73 Å². The van der Waals surface area contributed by atoms with Gasteiger partial charge in [-0.05, 0) is 18.7 Å². The van der Waals surface area contributed by atoms with Crippen LogP contribution >= 0.6 is 11.8 Å². The van der Waals surface area contributed by atoms with Crippen LogP contribution in [0.25, 0.3) is 0 Å². The van der Waals surface area contributed by atoms with E-state index < -0.39 is 0 Å². The van der Waals surface area contributed by atoms with Crippen molar-refractivity contribution >= 4 is 29.7 Å². The molecule has 0 aliphatic heterocycles. The van der Waals surface area contributed by atoms with Gasteiger partial charge >= 0.3 is 0 Å². The van der Waals surface area contributed by atoms with Crippen LogP contribution in [-0.2, 0) is 0 Å². The van der Waals surface area contributed by atoms with E-state index >= 15 is 0 Å². The van der Waals surface area contributed by atoms with Gasteiger partial charge in [-0.2, -0.15) is 10.2 Å². The summed E-state index contributed by atoms with van der Waals surface area (Å²) < 4.78 is 0. The van der Waals surface area contributed by atoms with Gasteiger partial charge < -0.3 is 5.73 Å². The number of aryl methyl sites for hydroxylation is 1. The number of rotatable bonds is 4. The number of carbonyl (C=O) groups is 1. The summed E-state index contributed by atoms with van der Waals surface area (Å²) in [5.41, 5.74) is 10.5. The third-order valence-electron chi connectivity index (χ3n) is 2.64. The van der Waals surface area contributed by atoms with Gasteiger partial charge in [0.15, 0.2) is 0 Å². The van der Waals surface area contributed by atoms with Crippen molar-refractivity contribution < 1.29 is 4.79 Å². The first-order valence-corrected chi connectivity index (χ1v) is 7.12. The normalized spacial score (nSPS) is 10.9. The highest BCUT2D eigenvalue weighted by atomic mass is 32.2. The highest BCUT2D eigenvalue weighted by Gasteiger charge is 2.17. The summed E-state index contributed by atoms with van der Waals surface area (Å²) in [6, 6.07) is 7.79. The number of benzene rings is 1. The number of nitrogens with zero attached hydrogens (tertiary/aromatic N) is 2. The van der Waals surface area contributed by atoms with Crippen LogP contribution in [0.1, 0.15) is 21.5 Å². The summed E-state index contributed by atoms with van der Waals surface area (Å²) in [7, 11) is 0. The smallest absolute Gasteiger partial charge is 0.277 e. The van der Waals surface area contributed by atoms with Gasteiger partial charge in [0.25, 0.3) is 5.91 Å². The van der Waals surface area contributed by atoms with Crippen LogP contribution in [0.3, 0.4) is 0 Å². The summed E-state index contributed by atoms with van der Waals surface area (Å²) in [5, 5.41) is 11.0. The van der Waals surface area contributed by atoms with Gasteiger partial charge in [0, 0.05) is 0 Å². The number of anilines is 1. The molecule has 104 valence electrons. The summed E-state index contributed by atoms with van der Waals surface area (Å²) in [4.78, 5) is 12.0. The van der Waals surface area contributed by atoms with Gasteiger partial charge in [-0.25, -0.2) is 5.43 Å². The minimum atomic E-state index is -0.385. The van der Waals surface area contributed by atoms with E-state index in [-0.39, 0.29) is 11.7 Å². The van der Waals surface area contributed by atoms with E-state index in [9.17, 15) is 4.79 Å². The Morgan fingerprint density at radius 3 is 2.80 bits per heavy atom. The van der Waals surface area contributed by atoms with Gasteiger partial charge in [0.1, 0.15) is 16.4 Å². The van der Waals surface area contributed by atoms with E-state index in [1.54, 1.807) is 6.21 Å². The van der Waals surface area contributed by atoms with Crippen molar-refractivity contribution in [1.29, 1.82) is 0 Å². The van der Waals surface area contributed by atoms with Gasteiger partial charge in [-0.1, -0.05) is 29.8 Å². The first-order valence-electron chi connectivity index (χ1n) is 5.89. The summed E-state index contributed by atoms with van der Waals surface area (Å²) in [6.45, 7) is 2.01. The maximum absolute atomic E-state index is 12.0. The Hall–Kier alpha value is -2.28. The van der Waals surface area contributed by atoms with Gasteiger partial charge in [0.2, 0.25) is 0 Å². The van der Waals surface area contributed by atoms with Crippen LogP contribution in [0.5, 0.6) is 0 Å². The molecule has 1 amide bonds. The lowest BCUT2D eigenvalue weighted by molar-refractivity contribution is 0.0953. The zero-order valence-corrected chi connectivity index (χ0v) is 12.0. The van der Waals surface area contributed by atoms with Gasteiger partial charge in [0.05, 0.1) is 6.21 Å². The second-order valence-corrected chi connectivity index (χ2v) is 4.93. The molecule has 0 saturated carbocycles. The third kappa shape index (κ3) is 3.18. The van der Waals surface area contributed by atoms with Crippen molar-refractivity contribution in [2.45, 2.75) is 11.9 Å².